The second kappa shape index (κ2) is 4.83. The smallest absolute Gasteiger partial charge is 0.140 e. The van der Waals surface area contributed by atoms with Crippen LogP contribution in [0.2, 0.25) is 0 Å². The van der Waals surface area contributed by atoms with Gasteiger partial charge in [-0.05, 0) is 23.8 Å². The lowest BCUT2D eigenvalue weighted by molar-refractivity contribution is 0.789. The van der Waals surface area contributed by atoms with Crippen LogP contribution in [0.1, 0.15) is 11.3 Å². The molecule has 1 aromatic carbocycles. The molecule has 90 valence electrons. The van der Waals surface area contributed by atoms with Gasteiger partial charge in [0.05, 0.1) is 5.88 Å². The zero-order valence-electron chi connectivity index (χ0n) is 9.88. The summed E-state index contributed by atoms with van der Waals surface area (Å²) in [5.74, 6) is 0.503. The minimum absolute atomic E-state index is 0.503. The molecule has 0 bridgehead atoms. The van der Waals surface area contributed by atoms with Gasteiger partial charge in [0.25, 0.3) is 0 Å². The summed E-state index contributed by atoms with van der Waals surface area (Å²) in [7, 11) is 0. The van der Waals surface area contributed by atoms with Crippen LogP contribution in [0.3, 0.4) is 0 Å². The van der Waals surface area contributed by atoms with Crippen LogP contribution in [0.15, 0.2) is 54.7 Å². The first-order valence-electron chi connectivity index (χ1n) is 5.91. The highest BCUT2D eigenvalue weighted by Crippen LogP contribution is 2.20. The molecule has 0 radical (unpaired) electrons. The van der Waals surface area contributed by atoms with Crippen LogP contribution >= 0.6 is 11.6 Å². The zero-order valence-corrected chi connectivity index (χ0v) is 10.6. The first-order chi connectivity index (χ1) is 8.88. The van der Waals surface area contributed by atoms with E-state index in [1.54, 1.807) is 0 Å². The average molecular weight is 257 g/mol. The summed E-state index contributed by atoms with van der Waals surface area (Å²) in [5.41, 5.74) is 3.36. The quantitative estimate of drug-likeness (QED) is 0.652. The van der Waals surface area contributed by atoms with Crippen LogP contribution < -0.4 is 0 Å². The Hall–Kier alpha value is -1.80. The third-order valence-electron chi connectivity index (χ3n) is 3.06. The highest BCUT2D eigenvalue weighted by atomic mass is 35.5. The molecule has 0 amide bonds. The molecule has 2 nitrogen and oxygen atoms in total. The Morgan fingerprint density at radius 2 is 1.89 bits per heavy atom. The summed E-state index contributed by atoms with van der Waals surface area (Å²) < 4.78 is 2.18. The first kappa shape index (κ1) is 11.3. The summed E-state index contributed by atoms with van der Waals surface area (Å²) >= 11 is 6.02. The molecule has 3 aromatic rings. The normalized spacial score (nSPS) is 10.9. The fourth-order valence-corrected chi connectivity index (χ4v) is 2.42. The van der Waals surface area contributed by atoms with Crippen molar-refractivity contribution in [1.82, 2.24) is 9.55 Å². The fourth-order valence-electron chi connectivity index (χ4n) is 2.19. The zero-order chi connectivity index (χ0) is 12.4. The van der Waals surface area contributed by atoms with Crippen LogP contribution in [-0.2, 0) is 12.4 Å². The molecule has 0 atom stereocenters. The largest absolute Gasteiger partial charge is 0.324 e. The Morgan fingerprint density at radius 1 is 1.06 bits per heavy atom. The highest BCUT2D eigenvalue weighted by molar-refractivity contribution is 6.17. The van der Waals surface area contributed by atoms with Gasteiger partial charge >= 0.3 is 0 Å². The maximum absolute atomic E-state index is 6.02. The van der Waals surface area contributed by atoms with E-state index >= 15 is 0 Å². The molecule has 3 rings (SSSR count). The molecule has 0 aliphatic rings. The van der Waals surface area contributed by atoms with Crippen LogP contribution in [0.25, 0.3) is 11.0 Å². The first-order valence-corrected chi connectivity index (χ1v) is 6.45. The second-order valence-corrected chi connectivity index (χ2v) is 4.52. The molecule has 0 saturated carbocycles. The van der Waals surface area contributed by atoms with Crippen LogP contribution in [-0.4, -0.2) is 9.55 Å². The Kier molecular flexibility index (Phi) is 3.03. The summed E-state index contributed by atoms with van der Waals surface area (Å²) in [6, 6.07) is 16.5. The molecule has 0 N–H and O–H groups in total. The number of hydrogen-bond acceptors (Lipinski definition) is 1. The van der Waals surface area contributed by atoms with E-state index in [2.05, 4.69) is 45.9 Å². The SMILES string of the molecule is ClCc1cc2cccnc2n1Cc1ccccc1. The van der Waals surface area contributed by atoms with Crippen molar-refractivity contribution in [2.45, 2.75) is 12.4 Å². The Bertz CT molecular complexity index is 659. The van der Waals surface area contributed by atoms with Gasteiger partial charge in [0.1, 0.15) is 5.65 Å². The van der Waals surface area contributed by atoms with E-state index in [-0.39, 0.29) is 0 Å². The molecule has 0 spiro atoms. The van der Waals surface area contributed by atoms with E-state index in [0.29, 0.717) is 5.88 Å². The molecule has 3 heteroatoms. The summed E-state index contributed by atoms with van der Waals surface area (Å²) in [6.07, 6.45) is 1.82. The van der Waals surface area contributed by atoms with Crippen molar-refractivity contribution in [1.29, 1.82) is 0 Å². The Morgan fingerprint density at radius 3 is 2.67 bits per heavy atom. The molecule has 0 saturated heterocycles. The number of aromatic nitrogens is 2. The van der Waals surface area contributed by atoms with Gasteiger partial charge in [-0.25, -0.2) is 4.98 Å². The number of nitrogens with zero attached hydrogens (tertiary/aromatic N) is 2. The van der Waals surface area contributed by atoms with Gasteiger partial charge < -0.3 is 4.57 Å². The summed E-state index contributed by atoms with van der Waals surface area (Å²) in [4.78, 5) is 4.45. The van der Waals surface area contributed by atoms with Gasteiger partial charge in [0.2, 0.25) is 0 Å². The summed E-state index contributed by atoms with van der Waals surface area (Å²) in [6.45, 7) is 0.809. The van der Waals surface area contributed by atoms with Gasteiger partial charge in [-0.1, -0.05) is 30.3 Å². The third kappa shape index (κ3) is 2.00. The van der Waals surface area contributed by atoms with Crippen molar-refractivity contribution in [2.75, 3.05) is 0 Å². The molecule has 2 heterocycles. The van der Waals surface area contributed by atoms with E-state index < -0.39 is 0 Å². The average Bonchev–Trinajstić information content (AvgIpc) is 2.78. The number of fused-ring (bicyclic) bond motifs is 1. The molecular weight excluding hydrogens is 244 g/mol. The number of benzene rings is 1. The van der Waals surface area contributed by atoms with E-state index in [0.717, 1.165) is 23.3 Å². The van der Waals surface area contributed by atoms with Gasteiger partial charge in [-0.15, -0.1) is 11.6 Å². The van der Waals surface area contributed by atoms with Gasteiger partial charge in [0, 0.05) is 23.8 Å². The molecular formula is C15H13ClN2. The lowest BCUT2D eigenvalue weighted by Gasteiger charge is -2.08. The lowest BCUT2D eigenvalue weighted by atomic mass is 10.2. The maximum Gasteiger partial charge on any atom is 0.140 e. The van der Waals surface area contributed by atoms with Gasteiger partial charge in [-0.3, -0.25) is 0 Å². The van der Waals surface area contributed by atoms with Crippen molar-refractivity contribution in [3.8, 4) is 0 Å². The molecule has 2 aromatic heterocycles. The van der Waals surface area contributed by atoms with E-state index in [9.17, 15) is 0 Å². The predicted molar refractivity (Wildman–Crippen MR) is 74.8 cm³/mol. The second-order valence-electron chi connectivity index (χ2n) is 4.26. The lowest BCUT2D eigenvalue weighted by Crippen LogP contribution is -2.03. The number of halogens is 1. The van der Waals surface area contributed by atoms with Crippen molar-refractivity contribution in [2.24, 2.45) is 0 Å². The van der Waals surface area contributed by atoms with Crippen LogP contribution in [0.4, 0.5) is 0 Å². The Labute approximate surface area is 111 Å². The molecule has 0 fully saturated rings. The van der Waals surface area contributed by atoms with Crippen molar-refractivity contribution in [3.05, 3.63) is 66.0 Å². The minimum Gasteiger partial charge on any atom is -0.324 e. The van der Waals surface area contributed by atoms with Crippen LogP contribution in [0.5, 0.6) is 0 Å². The monoisotopic (exact) mass is 256 g/mol. The fraction of sp³-hybridized carbons (Fsp3) is 0.133. The third-order valence-corrected chi connectivity index (χ3v) is 3.34. The maximum atomic E-state index is 6.02. The molecule has 0 aliphatic carbocycles. The summed E-state index contributed by atoms with van der Waals surface area (Å²) in [5, 5.41) is 1.14. The molecule has 0 aliphatic heterocycles. The number of pyridine rings is 1. The van der Waals surface area contributed by atoms with Crippen LogP contribution in [0, 0.1) is 0 Å². The molecule has 0 unspecified atom stereocenters. The van der Waals surface area contributed by atoms with Gasteiger partial charge in [-0.2, -0.15) is 0 Å². The van der Waals surface area contributed by atoms with Gasteiger partial charge in [0.15, 0.2) is 0 Å². The van der Waals surface area contributed by atoms with E-state index in [1.807, 2.05) is 18.3 Å². The number of alkyl halides is 1. The number of rotatable bonds is 3. The Balaban J connectivity index is 2.10. The van der Waals surface area contributed by atoms with Crippen molar-refractivity contribution < 1.29 is 0 Å². The number of hydrogen-bond donors (Lipinski definition) is 0. The highest BCUT2D eigenvalue weighted by Gasteiger charge is 2.08. The van der Waals surface area contributed by atoms with E-state index in [4.69, 9.17) is 11.6 Å². The molecule has 18 heavy (non-hydrogen) atoms. The standard InChI is InChI=1S/C15H13ClN2/c16-10-14-9-13-7-4-8-17-15(13)18(14)11-12-5-2-1-3-6-12/h1-9H,10-11H2. The predicted octanol–water partition coefficient (Wildman–Crippen LogP) is 3.82. The van der Waals surface area contributed by atoms with Crippen molar-refractivity contribution >= 4 is 22.6 Å². The topological polar surface area (TPSA) is 17.8 Å². The van der Waals surface area contributed by atoms with E-state index in [1.165, 1.54) is 5.56 Å². The minimum atomic E-state index is 0.503. The van der Waals surface area contributed by atoms with Crippen molar-refractivity contribution in [3.63, 3.8) is 0 Å².